The molecule has 0 bridgehead atoms. The van der Waals surface area contributed by atoms with E-state index in [0.29, 0.717) is 17.4 Å². The van der Waals surface area contributed by atoms with Gasteiger partial charge in [0.25, 0.3) is 5.91 Å². The highest BCUT2D eigenvalue weighted by Gasteiger charge is 2.09. The summed E-state index contributed by atoms with van der Waals surface area (Å²) in [5.41, 5.74) is 5.57. The quantitative estimate of drug-likeness (QED) is 0.740. The second kappa shape index (κ2) is 4.13. The molecule has 1 aromatic heterocycles. The lowest BCUT2D eigenvalue weighted by molar-refractivity contribution is 0.0991. The molecule has 0 aliphatic rings. The number of nitrogens with one attached hydrogen (secondary N) is 1. The van der Waals surface area contributed by atoms with Crippen LogP contribution in [0.15, 0.2) is 6.07 Å². The number of primary amides is 1. The van der Waals surface area contributed by atoms with Gasteiger partial charge in [0.1, 0.15) is 11.5 Å². The molecule has 5 nitrogen and oxygen atoms in total. The van der Waals surface area contributed by atoms with E-state index in [-0.39, 0.29) is 0 Å². The molecule has 0 spiro atoms. The summed E-state index contributed by atoms with van der Waals surface area (Å²) in [5.74, 6) is 0.765. The van der Waals surface area contributed by atoms with Crippen LogP contribution < -0.4 is 11.1 Å². The van der Waals surface area contributed by atoms with E-state index in [9.17, 15) is 4.79 Å². The maximum Gasteiger partial charge on any atom is 0.267 e. The van der Waals surface area contributed by atoms with Gasteiger partial charge in [0.15, 0.2) is 0 Å². The van der Waals surface area contributed by atoms with Crippen LogP contribution in [-0.4, -0.2) is 22.2 Å². The number of carbonyl (C=O) groups excluding carboxylic acids is 1. The Labute approximate surface area is 83.3 Å². The number of amides is 1. The number of hydrogen-bond acceptors (Lipinski definition) is 3. The summed E-state index contributed by atoms with van der Waals surface area (Å²) in [5, 5.41) is 7.23. The van der Waals surface area contributed by atoms with Gasteiger partial charge in [0.2, 0.25) is 0 Å². The van der Waals surface area contributed by atoms with Gasteiger partial charge in [-0.2, -0.15) is 5.10 Å². The Hall–Kier alpha value is -1.52. The summed E-state index contributed by atoms with van der Waals surface area (Å²) in [6, 6.07) is 1.66. The molecule has 0 aromatic carbocycles. The van der Waals surface area contributed by atoms with Crippen LogP contribution in [0.4, 0.5) is 5.82 Å². The maximum atomic E-state index is 10.9. The molecule has 1 rings (SSSR count). The molecule has 0 aliphatic heterocycles. The van der Waals surface area contributed by atoms with E-state index in [2.05, 4.69) is 24.3 Å². The fourth-order valence-electron chi connectivity index (χ4n) is 1.09. The molecule has 78 valence electrons. The van der Waals surface area contributed by atoms with Crippen molar-refractivity contribution in [2.24, 2.45) is 18.7 Å². The van der Waals surface area contributed by atoms with Crippen LogP contribution in [0.5, 0.6) is 0 Å². The standard InChI is InChI=1S/C9H16N4O/c1-6(2)5-11-8-4-7(9(10)14)13(3)12-8/h4,6H,5H2,1-3H3,(H2,10,14)(H,11,12). The number of aryl methyl sites for hydroxylation is 1. The normalized spacial score (nSPS) is 10.6. The molecule has 0 unspecified atom stereocenters. The largest absolute Gasteiger partial charge is 0.368 e. The van der Waals surface area contributed by atoms with Gasteiger partial charge in [-0.3, -0.25) is 9.48 Å². The molecule has 0 fully saturated rings. The fraction of sp³-hybridized carbons (Fsp3) is 0.556. The Kier molecular flexibility index (Phi) is 3.11. The van der Waals surface area contributed by atoms with Crippen molar-refractivity contribution in [1.82, 2.24) is 9.78 Å². The minimum Gasteiger partial charge on any atom is -0.368 e. The van der Waals surface area contributed by atoms with Crippen LogP contribution in [0.1, 0.15) is 24.3 Å². The molecule has 0 saturated heterocycles. The highest BCUT2D eigenvalue weighted by molar-refractivity contribution is 5.91. The van der Waals surface area contributed by atoms with E-state index < -0.39 is 5.91 Å². The summed E-state index contributed by atoms with van der Waals surface area (Å²) >= 11 is 0. The Morgan fingerprint density at radius 1 is 1.71 bits per heavy atom. The molecule has 14 heavy (non-hydrogen) atoms. The number of hydrogen-bond donors (Lipinski definition) is 2. The molecule has 5 heteroatoms. The molecule has 0 atom stereocenters. The van der Waals surface area contributed by atoms with Gasteiger partial charge in [-0.1, -0.05) is 13.8 Å². The Balaban J connectivity index is 2.71. The number of nitrogens with zero attached hydrogens (tertiary/aromatic N) is 2. The molecular weight excluding hydrogens is 180 g/mol. The summed E-state index contributed by atoms with van der Waals surface area (Å²) in [6.07, 6.45) is 0. The molecule has 0 aliphatic carbocycles. The van der Waals surface area contributed by atoms with Gasteiger partial charge in [0, 0.05) is 19.7 Å². The minimum absolute atomic E-state index is 0.413. The predicted octanol–water partition coefficient (Wildman–Crippen LogP) is 0.587. The first-order valence-corrected chi connectivity index (χ1v) is 4.58. The summed E-state index contributed by atoms with van der Waals surface area (Å²) in [4.78, 5) is 10.9. The van der Waals surface area contributed by atoms with E-state index in [1.165, 1.54) is 4.68 Å². The number of aromatic nitrogens is 2. The molecule has 1 heterocycles. The highest BCUT2D eigenvalue weighted by atomic mass is 16.1. The van der Waals surface area contributed by atoms with Crippen LogP contribution in [0.2, 0.25) is 0 Å². The van der Waals surface area contributed by atoms with Gasteiger partial charge < -0.3 is 11.1 Å². The number of anilines is 1. The third-order valence-corrected chi connectivity index (χ3v) is 1.82. The van der Waals surface area contributed by atoms with E-state index in [4.69, 9.17) is 5.73 Å². The monoisotopic (exact) mass is 196 g/mol. The van der Waals surface area contributed by atoms with E-state index in [0.717, 1.165) is 6.54 Å². The van der Waals surface area contributed by atoms with Gasteiger partial charge >= 0.3 is 0 Å². The zero-order valence-electron chi connectivity index (χ0n) is 8.74. The SMILES string of the molecule is CC(C)CNc1cc(C(N)=O)n(C)n1. The lowest BCUT2D eigenvalue weighted by Crippen LogP contribution is -2.15. The number of nitrogens with two attached hydrogens (primary N) is 1. The van der Waals surface area contributed by atoms with Crippen LogP contribution in [0.25, 0.3) is 0 Å². The van der Waals surface area contributed by atoms with Crippen molar-refractivity contribution in [1.29, 1.82) is 0 Å². The summed E-state index contributed by atoms with van der Waals surface area (Å²) < 4.78 is 1.48. The topological polar surface area (TPSA) is 72.9 Å². The average molecular weight is 196 g/mol. The van der Waals surface area contributed by atoms with Gasteiger partial charge in [-0.15, -0.1) is 0 Å². The van der Waals surface area contributed by atoms with E-state index >= 15 is 0 Å². The number of rotatable bonds is 4. The summed E-state index contributed by atoms with van der Waals surface area (Å²) in [6.45, 7) is 5.03. The first kappa shape index (κ1) is 10.6. The molecular formula is C9H16N4O. The van der Waals surface area contributed by atoms with Crippen molar-refractivity contribution < 1.29 is 4.79 Å². The third-order valence-electron chi connectivity index (χ3n) is 1.82. The second-order valence-corrected chi connectivity index (χ2v) is 3.68. The molecule has 1 amide bonds. The van der Waals surface area contributed by atoms with Crippen molar-refractivity contribution in [3.05, 3.63) is 11.8 Å². The molecule has 0 saturated carbocycles. The van der Waals surface area contributed by atoms with Crippen LogP contribution >= 0.6 is 0 Å². The van der Waals surface area contributed by atoms with Crippen LogP contribution in [0.3, 0.4) is 0 Å². The lowest BCUT2D eigenvalue weighted by atomic mass is 10.2. The van der Waals surface area contributed by atoms with E-state index in [1.807, 2.05) is 0 Å². The smallest absolute Gasteiger partial charge is 0.267 e. The van der Waals surface area contributed by atoms with Gasteiger partial charge in [-0.25, -0.2) is 0 Å². The predicted molar refractivity (Wildman–Crippen MR) is 55.1 cm³/mol. The van der Waals surface area contributed by atoms with Crippen molar-refractivity contribution in [3.63, 3.8) is 0 Å². The Morgan fingerprint density at radius 2 is 2.36 bits per heavy atom. The zero-order valence-corrected chi connectivity index (χ0v) is 8.74. The number of carbonyl (C=O) groups is 1. The molecule has 0 radical (unpaired) electrons. The van der Waals surface area contributed by atoms with Crippen molar-refractivity contribution in [2.45, 2.75) is 13.8 Å². The zero-order chi connectivity index (χ0) is 10.7. The third kappa shape index (κ3) is 2.48. The van der Waals surface area contributed by atoms with E-state index in [1.54, 1.807) is 13.1 Å². The highest BCUT2D eigenvalue weighted by Crippen LogP contribution is 2.08. The Bertz CT molecular complexity index is 330. The van der Waals surface area contributed by atoms with Crippen LogP contribution in [0, 0.1) is 5.92 Å². The molecule has 3 N–H and O–H groups in total. The Morgan fingerprint density at radius 3 is 2.79 bits per heavy atom. The average Bonchev–Trinajstić information content (AvgIpc) is 2.43. The maximum absolute atomic E-state index is 10.9. The van der Waals surface area contributed by atoms with Gasteiger partial charge in [-0.05, 0) is 5.92 Å². The lowest BCUT2D eigenvalue weighted by Gasteiger charge is -2.04. The first-order chi connectivity index (χ1) is 6.50. The first-order valence-electron chi connectivity index (χ1n) is 4.58. The van der Waals surface area contributed by atoms with Crippen molar-refractivity contribution >= 4 is 11.7 Å². The van der Waals surface area contributed by atoms with Crippen LogP contribution in [-0.2, 0) is 7.05 Å². The van der Waals surface area contributed by atoms with Crippen molar-refractivity contribution in [2.75, 3.05) is 11.9 Å². The van der Waals surface area contributed by atoms with Gasteiger partial charge in [0.05, 0.1) is 0 Å². The summed E-state index contributed by atoms with van der Waals surface area (Å²) in [7, 11) is 1.70. The van der Waals surface area contributed by atoms with Crippen molar-refractivity contribution in [3.8, 4) is 0 Å². The second-order valence-electron chi connectivity index (χ2n) is 3.68. The molecule has 1 aromatic rings. The fourth-order valence-corrected chi connectivity index (χ4v) is 1.09. The minimum atomic E-state index is -0.461.